The lowest BCUT2D eigenvalue weighted by molar-refractivity contribution is -0.191. The minimum absolute atomic E-state index is 0.0445. The summed E-state index contributed by atoms with van der Waals surface area (Å²) in [5.74, 6) is 0.899. The molecule has 8 nitrogen and oxygen atoms in total. The van der Waals surface area contributed by atoms with Crippen molar-refractivity contribution >= 4 is 12.0 Å². The van der Waals surface area contributed by atoms with Crippen LogP contribution in [-0.2, 0) is 14.3 Å². The van der Waals surface area contributed by atoms with E-state index in [-0.39, 0.29) is 36.7 Å². The summed E-state index contributed by atoms with van der Waals surface area (Å²) < 4.78 is 25.0. The maximum absolute atomic E-state index is 12.8. The molecular formula is C29H42N2O6. The smallest absolute Gasteiger partial charge is 0.410 e. The van der Waals surface area contributed by atoms with Crippen LogP contribution in [0, 0.1) is 11.8 Å². The molecule has 2 N–H and O–H groups in total. The second kappa shape index (κ2) is 10.6. The minimum atomic E-state index is -0.536. The molecule has 2 saturated heterocycles. The van der Waals surface area contributed by atoms with Crippen LogP contribution in [0.1, 0.15) is 78.9 Å². The lowest BCUT2D eigenvalue weighted by Gasteiger charge is -2.54. The number of carbonyl (C=O) groups is 2. The maximum atomic E-state index is 12.8. The number of hydrogen-bond acceptors (Lipinski definition) is 6. The van der Waals surface area contributed by atoms with Crippen molar-refractivity contribution < 1.29 is 28.5 Å². The van der Waals surface area contributed by atoms with Gasteiger partial charge in [0.2, 0.25) is 0 Å². The lowest BCUT2D eigenvalue weighted by Crippen LogP contribution is -2.57. The SMILES string of the molecule is CC(C)=CCC[C@]1(C)Oc2c(OCC(N)=O)cccc2[C@H]2O[C@H]3CCN(C(=O)OC(C)(C)C)C[C@@H]3C[C@@H]21. The van der Waals surface area contributed by atoms with E-state index in [0.29, 0.717) is 24.6 Å². The predicted molar refractivity (Wildman–Crippen MR) is 140 cm³/mol. The highest BCUT2D eigenvalue weighted by atomic mass is 16.6. The largest absolute Gasteiger partial charge is 0.483 e. The van der Waals surface area contributed by atoms with Crippen LogP contribution in [0.4, 0.5) is 4.79 Å². The zero-order valence-electron chi connectivity index (χ0n) is 23.0. The molecule has 0 aromatic heterocycles. The Labute approximate surface area is 220 Å². The topological polar surface area (TPSA) is 100 Å². The highest BCUT2D eigenvalue weighted by Gasteiger charge is 2.54. The molecule has 0 unspecified atom stereocenters. The molecule has 5 atom stereocenters. The molecule has 0 spiro atoms. The number of rotatable bonds is 6. The number of nitrogens with zero attached hydrogens (tertiary/aromatic N) is 1. The van der Waals surface area contributed by atoms with Crippen molar-refractivity contribution in [1.82, 2.24) is 4.90 Å². The average molecular weight is 515 g/mol. The van der Waals surface area contributed by atoms with Gasteiger partial charge >= 0.3 is 6.09 Å². The molecule has 0 saturated carbocycles. The molecular weight excluding hydrogens is 472 g/mol. The van der Waals surface area contributed by atoms with Crippen LogP contribution >= 0.6 is 0 Å². The third-order valence-electron chi connectivity index (χ3n) is 7.56. The fourth-order valence-electron chi connectivity index (χ4n) is 5.82. The van der Waals surface area contributed by atoms with Crippen LogP contribution in [0.3, 0.4) is 0 Å². The predicted octanol–water partition coefficient (Wildman–Crippen LogP) is 5.15. The zero-order valence-corrected chi connectivity index (χ0v) is 23.0. The minimum Gasteiger partial charge on any atom is -0.483 e. The van der Waals surface area contributed by atoms with Gasteiger partial charge < -0.3 is 29.6 Å². The van der Waals surface area contributed by atoms with Crippen LogP contribution in [-0.4, -0.2) is 53.9 Å². The number of piperidine rings is 1. The van der Waals surface area contributed by atoms with Crippen molar-refractivity contribution in [2.24, 2.45) is 17.6 Å². The maximum Gasteiger partial charge on any atom is 0.410 e. The third kappa shape index (κ3) is 6.22. The van der Waals surface area contributed by atoms with Crippen molar-refractivity contribution in [3.8, 4) is 11.5 Å². The van der Waals surface area contributed by atoms with Gasteiger partial charge in [0.05, 0.1) is 12.2 Å². The first-order valence-corrected chi connectivity index (χ1v) is 13.4. The number of primary amides is 1. The van der Waals surface area contributed by atoms with E-state index >= 15 is 0 Å². The number of benzene rings is 1. The standard InChI is InChI=1S/C29H42N2O6/c1-18(2)9-8-13-29(6)21-15-19-16-31(27(33)37-28(3,4)5)14-12-22(19)35-25(21)20-10-7-11-23(26(20)36-29)34-17-24(30)32/h7,9-11,19,21-22,25H,8,12-17H2,1-6H3,(H2,30,32)/t19-,21-,22-,25+,29-/m0/s1. The average Bonchev–Trinajstić information content (AvgIpc) is 2.80. The quantitative estimate of drug-likeness (QED) is 0.527. The lowest BCUT2D eigenvalue weighted by atomic mass is 9.68. The summed E-state index contributed by atoms with van der Waals surface area (Å²) in [5, 5.41) is 0. The van der Waals surface area contributed by atoms with E-state index < -0.39 is 17.1 Å². The van der Waals surface area contributed by atoms with Gasteiger partial charge in [-0.1, -0.05) is 23.8 Å². The van der Waals surface area contributed by atoms with Gasteiger partial charge in [-0.3, -0.25) is 4.79 Å². The number of carbonyl (C=O) groups excluding carboxylic acids is 2. The first-order chi connectivity index (χ1) is 17.4. The molecule has 3 aliphatic rings. The molecule has 0 radical (unpaired) electrons. The van der Waals surface area contributed by atoms with Crippen molar-refractivity contribution in [2.45, 2.75) is 90.6 Å². The van der Waals surface area contributed by atoms with E-state index in [4.69, 9.17) is 24.7 Å². The Morgan fingerprint density at radius 2 is 2.03 bits per heavy atom. The van der Waals surface area contributed by atoms with Gasteiger partial charge in [-0.25, -0.2) is 4.79 Å². The third-order valence-corrected chi connectivity index (χ3v) is 7.56. The van der Waals surface area contributed by atoms with Crippen LogP contribution in [0.15, 0.2) is 29.8 Å². The number of ether oxygens (including phenoxy) is 4. The first kappa shape index (κ1) is 27.3. The first-order valence-electron chi connectivity index (χ1n) is 13.4. The molecule has 1 aromatic rings. The Kier molecular flexibility index (Phi) is 7.79. The summed E-state index contributed by atoms with van der Waals surface area (Å²) in [5.41, 5.74) is 6.50. The van der Waals surface area contributed by atoms with Gasteiger partial charge in [-0.2, -0.15) is 0 Å². The van der Waals surface area contributed by atoms with Crippen LogP contribution in [0.5, 0.6) is 11.5 Å². The zero-order chi connectivity index (χ0) is 27.0. The Morgan fingerprint density at radius 3 is 2.70 bits per heavy atom. The van der Waals surface area contributed by atoms with E-state index in [1.54, 1.807) is 0 Å². The second-order valence-electron chi connectivity index (χ2n) is 12.1. The molecule has 2 fully saturated rings. The fourth-order valence-corrected chi connectivity index (χ4v) is 5.82. The van der Waals surface area contributed by atoms with Gasteiger partial charge in [-0.15, -0.1) is 0 Å². The number of para-hydroxylation sites is 1. The van der Waals surface area contributed by atoms with Crippen molar-refractivity contribution in [1.29, 1.82) is 0 Å². The molecule has 8 heteroatoms. The molecule has 0 bridgehead atoms. The number of allylic oxidation sites excluding steroid dienone is 2. The van der Waals surface area contributed by atoms with E-state index in [9.17, 15) is 9.59 Å². The van der Waals surface area contributed by atoms with E-state index in [2.05, 4.69) is 26.8 Å². The highest BCUT2D eigenvalue weighted by Crippen LogP contribution is 2.56. The fraction of sp³-hybridized carbons (Fsp3) is 0.655. The molecule has 3 aliphatic heterocycles. The number of amides is 2. The summed E-state index contributed by atoms with van der Waals surface area (Å²) >= 11 is 0. The molecule has 3 heterocycles. The van der Waals surface area contributed by atoms with Gasteiger partial charge in [0, 0.05) is 30.5 Å². The van der Waals surface area contributed by atoms with Crippen molar-refractivity contribution in [2.75, 3.05) is 19.7 Å². The van der Waals surface area contributed by atoms with Crippen molar-refractivity contribution in [3.05, 3.63) is 35.4 Å². The molecule has 2 amide bonds. The van der Waals surface area contributed by atoms with E-state index in [0.717, 1.165) is 31.2 Å². The molecule has 1 aromatic carbocycles. The van der Waals surface area contributed by atoms with Crippen LogP contribution < -0.4 is 15.2 Å². The number of fused-ring (bicyclic) bond motifs is 4. The Balaban J connectivity index is 1.62. The molecule has 0 aliphatic carbocycles. The number of nitrogens with two attached hydrogens (primary N) is 1. The summed E-state index contributed by atoms with van der Waals surface area (Å²) in [7, 11) is 0. The summed E-state index contributed by atoms with van der Waals surface area (Å²) in [4.78, 5) is 26.0. The molecule has 4 rings (SSSR count). The normalized spacial score (nSPS) is 28.6. The van der Waals surface area contributed by atoms with Crippen molar-refractivity contribution in [3.63, 3.8) is 0 Å². The summed E-state index contributed by atoms with van der Waals surface area (Å²) in [6.07, 6.45) is 5.17. The number of hydrogen-bond donors (Lipinski definition) is 1. The van der Waals surface area contributed by atoms with Gasteiger partial charge in [0.1, 0.15) is 11.2 Å². The monoisotopic (exact) mass is 514 g/mol. The van der Waals surface area contributed by atoms with Gasteiger partial charge in [0.25, 0.3) is 5.91 Å². The van der Waals surface area contributed by atoms with E-state index in [1.807, 2.05) is 43.9 Å². The van der Waals surface area contributed by atoms with Crippen LogP contribution in [0.2, 0.25) is 0 Å². The highest BCUT2D eigenvalue weighted by molar-refractivity contribution is 5.75. The molecule has 37 heavy (non-hydrogen) atoms. The second-order valence-corrected chi connectivity index (χ2v) is 12.1. The van der Waals surface area contributed by atoms with Gasteiger partial charge in [-0.05, 0) is 73.3 Å². The summed E-state index contributed by atoms with van der Waals surface area (Å²) in [6.45, 7) is 13.0. The summed E-state index contributed by atoms with van der Waals surface area (Å²) in [6, 6.07) is 5.74. The Hall–Kier alpha value is -2.74. The Morgan fingerprint density at radius 1 is 1.27 bits per heavy atom. The number of likely N-dealkylation sites (tertiary alicyclic amines) is 1. The van der Waals surface area contributed by atoms with Gasteiger partial charge in [0.15, 0.2) is 18.1 Å². The molecule has 204 valence electrons. The van der Waals surface area contributed by atoms with Crippen LogP contribution in [0.25, 0.3) is 0 Å². The Bertz CT molecular complexity index is 1040. The van der Waals surface area contributed by atoms with E-state index in [1.165, 1.54) is 5.57 Å².